The smallest absolute Gasteiger partial charge is 0.298 e. The van der Waals surface area contributed by atoms with Crippen LogP contribution in [0.3, 0.4) is 0 Å². The molecule has 0 fully saturated rings. The van der Waals surface area contributed by atoms with E-state index in [1.165, 1.54) is 5.56 Å². The Morgan fingerprint density at radius 1 is 1.03 bits per heavy atom. The monoisotopic (exact) mass is 414 g/mol. The summed E-state index contributed by atoms with van der Waals surface area (Å²) in [5, 5.41) is 8.49. The highest BCUT2D eigenvalue weighted by molar-refractivity contribution is 6.03. The van der Waals surface area contributed by atoms with E-state index in [2.05, 4.69) is 24.4 Å². The van der Waals surface area contributed by atoms with Crippen LogP contribution < -0.4 is 10.1 Å². The summed E-state index contributed by atoms with van der Waals surface area (Å²) in [7, 11) is 1.65. The molecule has 1 aliphatic rings. The van der Waals surface area contributed by atoms with Gasteiger partial charge >= 0.3 is 0 Å². The summed E-state index contributed by atoms with van der Waals surface area (Å²) in [6.45, 7) is 2.46. The van der Waals surface area contributed by atoms with E-state index in [0.717, 1.165) is 22.6 Å². The Morgan fingerprint density at radius 2 is 1.68 bits per heavy atom. The summed E-state index contributed by atoms with van der Waals surface area (Å²) in [6, 6.07) is 28.3. The van der Waals surface area contributed by atoms with Gasteiger partial charge in [-0.25, -0.2) is 5.01 Å². The van der Waals surface area contributed by atoms with Gasteiger partial charge in [0, 0.05) is 12.0 Å². The first-order valence-electron chi connectivity index (χ1n) is 10.6. The minimum Gasteiger partial charge on any atom is -0.497 e. The van der Waals surface area contributed by atoms with Gasteiger partial charge in [0.05, 0.1) is 18.9 Å². The average molecular weight is 415 g/mol. The zero-order valence-electron chi connectivity index (χ0n) is 17.9. The molecule has 3 aromatic carbocycles. The van der Waals surface area contributed by atoms with Crippen LogP contribution in [0.5, 0.6) is 5.75 Å². The highest BCUT2D eigenvalue weighted by Crippen LogP contribution is 2.33. The van der Waals surface area contributed by atoms with E-state index in [1.54, 1.807) is 12.1 Å². The minimum atomic E-state index is -0.117. The molecule has 1 aliphatic heterocycles. The number of quaternary nitrogens is 1. The molecule has 0 radical (unpaired) electrons. The normalized spacial score (nSPS) is 16.6. The summed E-state index contributed by atoms with van der Waals surface area (Å²) < 4.78 is 5.29. The van der Waals surface area contributed by atoms with Crippen molar-refractivity contribution in [3.63, 3.8) is 0 Å². The number of ether oxygens (including phenoxy) is 1. The van der Waals surface area contributed by atoms with E-state index in [0.29, 0.717) is 13.0 Å². The van der Waals surface area contributed by atoms with Crippen LogP contribution in [0.15, 0.2) is 90.0 Å². The van der Waals surface area contributed by atoms with Gasteiger partial charge in [-0.2, -0.15) is 5.10 Å². The zero-order valence-corrected chi connectivity index (χ0v) is 17.9. The van der Waals surface area contributed by atoms with Crippen molar-refractivity contribution in [2.75, 3.05) is 13.7 Å². The Kier molecular flexibility index (Phi) is 6.43. The highest BCUT2D eigenvalue weighted by atomic mass is 16.5. The van der Waals surface area contributed by atoms with Crippen LogP contribution >= 0.6 is 0 Å². The first-order valence-corrected chi connectivity index (χ1v) is 10.6. The van der Waals surface area contributed by atoms with Crippen LogP contribution in [0.2, 0.25) is 0 Å². The molecule has 0 unspecified atom stereocenters. The largest absolute Gasteiger partial charge is 0.497 e. The lowest BCUT2D eigenvalue weighted by Crippen LogP contribution is -2.86. The first-order chi connectivity index (χ1) is 15.2. The lowest BCUT2D eigenvalue weighted by molar-refractivity contribution is -0.683. The van der Waals surface area contributed by atoms with Crippen LogP contribution in [0.1, 0.15) is 42.1 Å². The first kappa shape index (κ1) is 20.8. The molecule has 0 aliphatic carbocycles. The maximum atomic E-state index is 13.2. The second-order valence-electron chi connectivity index (χ2n) is 7.78. The number of benzene rings is 3. The Hall–Kier alpha value is -3.44. The predicted octanol–water partition coefficient (Wildman–Crippen LogP) is 3.70. The van der Waals surface area contributed by atoms with Gasteiger partial charge in [-0.1, -0.05) is 72.8 Å². The number of carbonyl (C=O) groups excluding carboxylic acids is 1. The molecule has 3 aromatic rings. The predicted molar refractivity (Wildman–Crippen MR) is 122 cm³/mol. The second kappa shape index (κ2) is 9.58. The van der Waals surface area contributed by atoms with E-state index >= 15 is 0 Å². The summed E-state index contributed by atoms with van der Waals surface area (Å²) in [5.74, 6) is 0.809. The minimum absolute atomic E-state index is 0.00882. The summed E-state index contributed by atoms with van der Waals surface area (Å²) in [6.07, 6.45) is 0.691. The third kappa shape index (κ3) is 4.84. The molecule has 158 valence electrons. The standard InChI is InChI=1S/C26H27N3O2/c1-19(20-9-5-3-6-10-20)27-18-26(30)29-25(22-13-15-23(31-2)16-14-22)17-24(28-29)21-11-7-4-8-12-21/h3-16,19,25,27H,17-18H2,1-2H3/p+1/t19-,25-/m1/s1. The number of amides is 1. The molecule has 0 aromatic heterocycles. The van der Waals surface area contributed by atoms with Crippen LogP contribution in [-0.4, -0.2) is 30.3 Å². The number of hydrogen-bond acceptors (Lipinski definition) is 3. The topological polar surface area (TPSA) is 58.5 Å². The Morgan fingerprint density at radius 3 is 2.32 bits per heavy atom. The molecule has 5 heteroatoms. The molecule has 0 bridgehead atoms. The second-order valence-corrected chi connectivity index (χ2v) is 7.78. The molecule has 31 heavy (non-hydrogen) atoms. The molecule has 4 rings (SSSR count). The molecule has 0 saturated heterocycles. The number of hydrazone groups is 1. The fourth-order valence-electron chi connectivity index (χ4n) is 3.89. The number of methoxy groups -OCH3 is 1. The van der Waals surface area contributed by atoms with Crippen molar-refractivity contribution in [3.05, 3.63) is 102 Å². The Bertz CT molecular complexity index is 1030. The number of rotatable bonds is 7. The van der Waals surface area contributed by atoms with Crippen molar-refractivity contribution < 1.29 is 14.8 Å². The molecule has 2 N–H and O–H groups in total. The lowest BCUT2D eigenvalue weighted by Gasteiger charge is -2.22. The molecular weight excluding hydrogens is 386 g/mol. The molecule has 5 nitrogen and oxygen atoms in total. The van der Waals surface area contributed by atoms with Gasteiger partial charge in [0.25, 0.3) is 5.91 Å². The van der Waals surface area contributed by atoms with Gasteiger partial charge in [0.1, 0.15) is 11.8 Å². The Balaban J connectivity index is 1.54. The molecule has 1 amide bonds. The van der Waals surface area contributed by atoms with Crippen LogP contribution in [0, 0.1) is 0 Å². The van der Waals surface area contributed by atoms with E-state index in [-0.39, 0.29) is 18.0 Å². The summed E-state index contributed by atoms with van der Waals surface area (Å²) in [5.41, 5.74) is 4.25. The third-order valence-electron chi connectivity index (χ3n) is 5.74. The van der Waals surface area contributed by atoms with Gasteiger partial charge in [-0.15, -0.1) is 0 Å². The fourth-order valence-corrected chi connectivity index (χ4v) is 3.89. The van der Waals surface area contributed by atoms with E-state index < -0.39 is 0 Å². The van der Waals surface area contributed by atoms with Gasteiger partial charge in [-0.3, -0.25) is 4.79 Å². The van der Waals surface area contributed by atoms with Crippen molar-refractivity contribution in [1.82, 2.24) is 5.01 Å². The van der Waals surface area contributed by atoms with Crippen LogP contribution in [0.4, 0.5) is 0 Å². The third-order valence-corrected chi connectivity index (χ3v) is 5.74. The van der Waals surface area contributed by atoms with Crippen molar-refractivity contribution >= 4 is 11.6 Å². The SMILES string of the molecule is COc1ccc([C@H]2CC(c3ccccc3)=NN2C(=O)C[NH2+][C@H](C)c2ccccc2)cc1. The van der Waals surface area contributed by atoms with Crippen molar-refractivity contribution in [2.45, 2.75) is 25.4 Å². The number of nitrogens with two attached hydrogens (primary N) is 1. The fraction of sp³-hybridized carbons (Fsp3) is 0.231. The highest BCUT2D eigenvalue weighted by Gasteiger charge is 2.33. The van der Waals surface area contributed by atoms with Gasteiger partial charge in [0.15, 0.2) is 6.54 Å². The zero-order chi connectivity index (χ0) is 21.6. The van der Waals surface area contributed by atoms with Crippen LogP contribution in [0.25, 0.3) is 0 Å². The van der Waals surface area contributed by atoms with E-state index in [1.807, 2.05) is 72.8 Å². The summed E-state index contributed by atoms with van der Waals surface area (Å²) >= 11 is 0. The molecule has 2 atom stereocenters. The quantitative estimate of drug-likeness (QED) is 0.641. The number of hydrogen-bond donors (Lipinski definition) is 1. The van der Waals surface area contributed by atoms with Gasteiger partial charge in [0.2, 0.25) is 0 Å². The van der Waals surface area contributed by atoms with Crippen molar-refractivity contribution in [3.8, 4) is 5.75 Å². The lowest BCUT2D eigenvalue weighted by atomic mass is 9.98. The van der Waals surface area contributed by atoms with Crippen LogP contribution in [-0.2, 0) is 4.79 Å². The number of nitrogens with zero attached hydrogens (tertiary/aromatic N) is 2. The maximum absolute atomic E-state index is 13.2. The van der Waals surface area contributed by atoms with Gasteiger partial charge < -0.3 is 10.1 Å². The van der Waals surface area contributed by atoms with Crippen molar-refractivity contribution in [1.29, 1.82) is 0 Å². The average Bonchev–Trinajstić information content (AvgIpc) is 3.29. The molecule has 0 spiro atoms. The molecule has 0 saturated carbocycles. The summed E-state index contributed by atoms with van der Waals surface area (Å²) in [4.78, 5) is 13.2. The van der Waals surface area contributed by atoms with E-state index in [9.17, 15) is 4.79 Å². The molecular formula is C26H28N3O2+. The Labute approximate surface area is 183 Å². The van der Waals surface area contributed by atoms with Crippen molar-refractivity contribution in [2.24, 2.45) is 5.10 Å². The molecule has 1 heterocycles. The van der Waals surface area contributed by atoms with Gasteiger partial charge in [-0.05, 0) is 30.2 Å². The maximum Gasteiger partial charge on any atom is 0.298 e. The van der Waals surface area contributed by atoms with E-state index in [4.69, 9.17) is 9.84 Å². The number of carbonyl (C=O) groups is 1.